The van der Waals surface area contributed by atoms with Crippen molar-refractivity contribution in [2.24, 2.45) is 5.84 Å². The van der Waals surface area contributed by atoms with E-state index in [1.807, 2.05) is 0 Å². The number of hydrazine groups is 1. The van der Waals surface area contributed by atoms with E-state index in [1.54, 1.807) is 11.3 Å². The first-order valence-electron chi connectivity index (χ1n) is 6.41. The van der Waals surface area contributed by atoms with Gasteiger partial charge in [-0.25, -0.2) is 0 Å². The van der Waals surface area contributed by atoms with Crippen LogP contribution in [0, 0.1) is 0 Å². The molecule has 4 heteroatoms. The van der Waals surface area contributed by atoms with Crippen molar-refractivity contribution in [3.63, 3.8) is 0 Å². The lowest BCUT2D eigenvalue weighted by Crippen LogP contribution is -2.45. The van der Waals surface area contributed by atoms with Crippen LogP contribution in [0.5, 0.6) is 0 Å². The number of ether oxygens (including phenoxy) is 1. The molecular weight excluding hydrogens is 244 g/mol. The van der Waals surface area contributed by atoms with Crippen molar-refractivity contribution in [2.45, 2.75) is 31.4 Å². The number of nitrogens with one attached hydrogen (secondary N) is 1. The van der Waals surface area contributed by atoms with Gasteiger partial charge >= 0.3 is 0 Å². The normalized spacial score (nSPS) is 21.5. The highest BCUT2D eigenvalue weighted by Gasteiger charge is 2.25. The summed E-state index contributed by atoms with van der Waals surface area (Å²) in [5.74, 6) is 5.69. The minimum Gasteiger partial charge on any atom is -0.377 e. The Balaban J connectivity index is 1.81. The van der Waals surface area contributed by atoms with Crippen molar-refractivity contribution < 1.29 is 4.74 Å². The number of nitrogens with two attached hydrogens (primary N) is 1. The molecule has 96 valence electrons. The fraction of sp³-hybridized carbons (Fsp3) is 0.429. The molecule has 0 bridgehead atoms. The molecule has 2 heterocycles. The average Bonchev–Trinajstić information content (AvgIpc) is 3.06. The van der Waals surface area contributed by atoms with Crippen LogP contribution in [0.2, 0.25) is 0 Å². The monoisotopic (exact) mass is 262 g/mol. The molecular formula is C14H18N2OS. The Labute approximate surface area is 111 Å². The molecule has 2 aromatic rings. The molecule has 0 saturated carbocycles. The van der Waals surface area contributed by atoms with Gasteiger partial charge in [0.1, 0.15) is 0 Å². The van der Waals surface area contributed by atoms with Crippen molar-refractivity contribution in [1.29, 1.82) is 0 Å². The van der Waals surface area contributed by atoms with E-state index < -0.39 is 0 Å². The lowest BCUT2D eigenvalue weighted by atomic mass is 9.99. The maximum absolute atomic E-state index is 5.73. The number of rotatable bonds is 4. The second-order valence-corrected chi connectivity index (χ2v) is 5.70. The highest BCUT2D eigenvalue weighted by molar-refractivity contribution is 7.17. The summed E-state index contributed by atoms with van der Waals surface area (Å²) in [6.07, 6.45) is 3.45. The predicted octanol–water partition coefficient (Wildman–Crippen LogP) is 2.45. The standard InChI is InChI=1S/C14H18N2OS/c15-16-12(13-5-3-7-17-13)8-10-9-18-14-6-2-1-4-11(10)14/h1-2,4,6,9,12-13,16H,3,5,7-8,15H2. The summed E-state index contributed by atoms with van der Waals surface area (Å²) in [5.41, 5.74) is 4.30. The zero-order valence-electron chi connectivity index (χ0n) is 10.3. The second kappa shape index (κ2) is 5.36. The third-order valence-corrected chi connectivity index (χ3v) is 4.64. The molecule has 3 nitrogen and oxygen atoms in total. The van der Waals surface area contributed by atoms with Gasteiger partial charge in [0, 0.05) is 11.3 Å². The number of hydrogen-bond donors (Lipinski definition) is 2. The minimum atomic E-state index is 0.213. The average molecular weight is 262 g/mol. The van der Waals surface area contributed by atoms with Crippen LogP contribution < -0.4 is 11.3 Å². The fourth-order valence-electron chi connectivity index (χ4n) is 2.65. The highest BCUT2D eigenvalue weighted by Crippen LogP contribution is 2.28. The van der Waals surface area contributed by atoms with Crippen molar-refractivity contribution in [2.75, 3.05) is 6.61 Å². The van der Waals surface area contributed by atoms with Gasteiger partial charge in [-0.3, -0.25) is 11.3 Å². The van der Waals surface area contributed by atoms with E-state index in [9.17, 15) is 0 Å². The van der Waals surface area contributed by atoms with Gasteiger partial charge in [0.05, 0.1) is 12.1 Å². The largest absolute Gasteiger partial charge is 0.377 e. The molecule has 2 atom stereocenters. The highest BCUT2D eigenvalue weighted by atomic mass is 32.1. The summed E-state index contributed by atoms with van der Waals surface area (Å²) in [5, 5.41) is 3.59. The van der Waals surface area contributed by atoms with Crippen LogP contribution in [-0.2, 0) is 11.2 Å². The lowest BCUT2D eigenvalue weighted by Gasteiger charge is -2.21. The molecule has 1 aromatic heterocycles. The molecule has 18 heavy (non-hydrogen) atoms. The van der Waals surface area contributed by atoms with E-state index in [0.29, 0.717) is 0 Å². The Hall–Kier alpha value is -0.940. The van der Waals surface area contributed by atoms with Crippen molar-refractivity contribution >= 4 is 21.4 Å². The molecule has 3 N–H and O–H groups in total. The van der Waals surface area contributed by atoms with Crippen LogP contribution in [0.3, 0.4) is 0 Å². The fourth-order valence-corrected chi connectivity index (χ4v) is 3.62. The third kappa shape index (κ3) is 2.29. The number of thiophene rings is 1. The lowest BCUT2D eigenvalue weighted by molar-refractivity contribution is 0.0786. The van der Waals surface area contributed by atoms with Crippen LogP contribution in [-0.4, -0.2) is 18.8 Å². The molecule has 3 rings (SSSR count). The molecule has 1 saturated heterocycles. The Morgan fingerprint density at radius 1 is 1.44 bits per heavy atom. The van der Waals surface area contributed by atoms with Gasteiger partial charge in [0.25, 0.3) is 0 Å². The molecule has 1 aromatic carbocycles. The van der Waals surface area contributed by atoms with E-state index in [-0.39, 0.29) is 12.1 Å². The SMILES string of the molecule is NNC(Cc1csc2ccccc12)C1CCCO1. The zero-order chi connectivity index (χ0) is 12.4. The quantitative estimate of drug-likeness (QED) is 0.657. The van der Waals surface area contributed by atoms with Gasteiger partial charge in [-0.2, -0.15) is 0 Å². The van der Waals surface area contributed by atoms with Gasteiger partial charge in [-0.05, 0) is 41.7 Å². The molecule has 0 spiro atoms. The zero-order valence-corrected chi connectivity index (χ0v) is 11.1. The van der Waals surface area contributed by atoms with Gasteiger partial charge in [0.2, 0.25) is 0 Å². The van der Waals surface area contributed by atoms with Crippen LogP contribution in [0.25, 0.3) is 10.1 Å². The summed E-state index contributed by atoms with van der Waals surface area (Å²) >= 11 is 1.80. The van der Waals surface area contributed by atoms with Gasteiger partial charge in [-0.15, -0.1) is 11.3 Å². The summed E-state index contributed by atoms with van der Waals surface area (Å²) < 4.78 is 7.07. The van der Waals surface area contributed by atoms with E-state index in [1.165, 1.54) is 15.6 Å². The first-order valence-corrected chi connectivity index (χ1v) is 7.29. The number of fused-ring (bicyclic) bond motifs is 1. The molecule has 0 aliphatic carbocycles. The minimum absolute atomic E-state index is 0.213. The number of benzene rings is 1. The Bertz CT molecular complexity index is 519. The van der Waals surface area contributed by atoms with Crippen molar-refractivity contribution in [1.82, 2.24) is 5.43 Å². The molecule has 0 amide bonds. The molecule has 2 unspecified atom stereocenters. The summed E-state index contributed by atoms with van der Waals surface area (Å²) in [4.78, 5) is 0. The molecule has 1 aliphatic rings. The van der Waals surface area contributed by atoms with Crippen LogP contribution in [0.15, 0.2) is 29.6 Å². The third-order valence-electron chi connectivity index (χ3n) is 3.63. The summed E-state index contributed by atoms with van der Waals surface area (Å²) in [6.45, 7) is 0.868. The molecule has 1 fully saturated rings. The maximum Gasteiger partial charge on any atom is 0.0745 e. The Kier molecular flexibility index (Phi) is 3.61. The Morgan fingerprint density at radius 2 is 2.33 bits per heavy atom. The first-order chi connectivity index (χ1) is 8.88. The van der Waals surface area contributed by atoms with Crippen LogP contribution in [0.1, 0.15) is 18.4 Å². The van der Waals surface area contributed by atoms with E-state index >= 15 is 0 Å². The van der Waals surface area contributed by atoms with Gasteiger partial charge in [0.15, 0.2) is 0 Å². The smallest absolute Gasteiger partial charge is 0.0745 e. The summed E-state index contributed by atoms with van der Waals surface area (Å²) in [7, 11) is 0. The van der Waals surface area contributed by atoms with E-state index in [2.05, 4.69) is 35.1 Å². The van der Waals surface area contributed by atoms with Crippen molar-refractivity contribution in [3.8, 4) is 0 Å². The van der Waals surface area contributed by atoms with E-state index in [0.717, 1.165) is 25.9 Å². The second-order valence-electron chi connectivity index (χ2n) is 4.79. The maximum atomic E-state index is 5.73. The van der Waals surface area contributed by atoms with Crippen LogP contribution in [0.4, 0.5) is 0 Å². The van der Waals surface area contributed by atoms with Crippen molar-refractivity contribution in [3.05, 3.63) is 35.2 Å². The van der Waals surface area contributed by atoms with Gasteiger partial charge < -0.3 is 4.74 Å². The topological polar surface area (TPSA) is 47.3 Å². The Morgan fingerprint density at radius 3 is 3.11 bits per heavy atom. The first kappa shape index (κ1) is 12.1. The molecule has 1 aliphatic heterocycles. The van der Waals surface area contributed by atoms with E-state index in [4.69, 9.17) is 10.6 Å². The summed E-state index contributed by atoms with van der Waals surface area (Å²) in [6, 6.07) is 8.74. The van der Waals surface area contributed by atoms with Crippen LogP contribution >= 0.6 is 11.3 Å². The van der Waals surface area contributed by atoms with Gasteiger partial charge in [-0.1, -0.05) is 18.2 Å². The molecule has 0 radical (unpaired) electrons. The predicted molar refractivity (Wildman–Crippen MR) is 75.6 cm³/mol. The number of hydrogen-bond acceptors (Lipinski definition) is 4.